The van der Waals surface area contributed by atoms with Gasteiger partial charge in [0, 0.05) is 37.7 Å². The molecule has 2 rings (SSSR count). The fourth-order valence-corrected chi connectivity index (χ4v) is 2.19. The molecule has 0 unspecified atom stereocenters. The van der Waals surface area contributed by atoms with E-state index in [0.29, 0.717) is 40.4 Å². The van der Waals surface area contributed by atoms with E-state index in [-0.39, 0.29) is 5.91 Å². The van der Waals surface area contributed by atoms with Gasteiger partial charge in [-0.1, -0.05) is 23.2 Å². The molecule has 0 radical (unpaired) electrons. The van der Waals surface area contributed by atoms with Crippen LogP contribution in [0.2, 0.25) is 10.0 Å². The maximum absolute atomic E-state index is 12.1. The molecule has 23 heavy (non-hydrogen) atoms. The molecule has 0 bridgehead atoms. The van der Waals surface area contributed by atoms with Crippen molar-refractivity contribution in [2.75, 3.05) is 30.9 Å². The van der Waals surface area contributed by atoms with Gasteiger partial charge in [0.1, 0.15) is 0 Å². The molecule has 0 saturated carbocycles. The Bertz CT molecular complexity index is 665. The Kier molecular flexibility index (Phi) is 6.58. The highest BCUT2D eigenvalue weighted by Gasteiger charge is 2.10. The Morgan fingerprint density at radius 2 is 2.00 bits per heavy atom. The molecule has 1 heterocycles. The first kappa shape index (κ1) is 17.5. The predicted octanol–water partition coefficient (Wildman–Crippen LogP) is 3.48. The number of hydrogen-bond donors (Lipinski definition) is 2. The summed E-state index contributed by atoms with van der Waals surface area (Å²) in [6, 6.07) is 4.84. The van der Waals surface area contributed by atoms with Gasteiger partial charge in [-0.15, -0.1) is 0 Å². The normalized spacial score (nSPS) is 10.4. The van der Waals surface area contributed by atoms with Crippen LogP contribution < -0.4 is 10.6 Å². The summed E-state index contributed by atoms with van der Waals surface area (Å²) in [5, 5.41) is 6.59. The first-order chi connectivity index (χ1) is 11.1. The zero-order valence-corrected chi connectivity index (χ0v) is 14.0. The zero-order valence-electron chi connectivity index (χ0n) is 12.5. The van der Waals surface area contributed by atoms with Crippen molar-refractivity contribution in [3.63, 3.8) is 0 Å². The molecule has 6 nitrogen and oxygen atoms in total. The summed E-state index contributed by atoms with van der Waals surface area (Å²) >= 11 is 11.8. The minimum atomic E-state index is -0.347. The van der Waals surface area contributed by atoms with Crippen LogP contribution in [-0.2, 0) is 4.74 Å². The fourth-order valence-electron chi connectivity index (χ4n) is 1.74. The molecule has 1 aromatic carbocycles. The molecular formula is C15H16Cl2N4O2. The molecular weight excluding hydrogens is 339 g/mol. The highest BCUT2D eigenvalue weighted by atomic mass is 35.5. The maximum atomic E-state index is 12.1. The molecule has 0 aliphatic carbocycles. The van der Waals surface area contributed by atoms with Crippen LogP contribution in [0.5, 0.6) is 0 Å². The quantitative estimate of drug-likeness (QED) is 0.744. The lowest BCUT2D eigenvalue weighted by atomic mass is 10.2. The number of benzene rings is 1. The number of carbonyl (C=O) groups excluding carboxylic acids is 1. The van der Waals surface area contributed by atoms with Gasteiger partial charge in [-0.05, 0) is 24.6 Å². The van der Waals surface area contributed by atoms with Crippen molar-refractivity contribution in [1.82, 2.24) is 9.97 Å². The number of methoxy groups -OCH3 is 1. The minimum Gasteiger partial charge on any atom is -0.385 e. The number of rotatable bonds is 7. The number of anilines is 2. The number of nitrogens with one attached hydrogen (secondary N) is 2. The maximum Gasteiger partial charge on any atom is 0.258 e. The number of halogens is 2. The van der Waals surface area contributed by atoms with Crippen LogP contribution in [-0.4, -0.2) is 36.1 Å². The Labute approximate surface area is 144 Å². The Morgan fingerprint density at radius 3 is 2.65 bits per heavy atom. The SMILES string of the molecule is COCCCNc1ncc(C(=O)Nc2ccc(Cl)cc2Cl)cn1. The Balaban J connectivity index is 1.94. The molecule has 2 N–H and O–H groups in total. The summed E-state index contributed by atoms with van der Waals surface area (Å²) in [7, 11) is 1.65. The van der Waals surface area contributed by atoms with Gasteiger partial charge in [0.15, 0.2) is 0 Å². The lowest BCUT2D eigenvalue weighted by molar-refractivity contribution is 0.102. The van der Waals surface area contributed by atoms with E-state index in [4.69, 9.17) is 27.9 Å². The molecule has 0 saturated heterocycles. The van der Waals surface area contributed by atoms with Gasteiger partial charge in [-0.2, -0.15) is 0 Å². The van der Waals surface area contributed by atoms with Crippen molar-refractivity contribution >= 4 is 40.7 Å². The highest BCUT2D eigenvalue weighted by molar-refractivity contribution is 6.36. The molecule has 8 heteroatoms. The van der Waals surface area contributed by atoms with Crippen LogP contribution in [0.15, 0.2) is 30.6 Å². The van der Waals surface area contributed by atoms with Crippen molar-refractivity contribution in [3.05, 3.63) is 46.2 Å². The molecule has 0 aliphatic heterocycles. The molecule has 0 aliphatic rings. The fraction of sp³-hybridized carbons (Fsp3) is 0.267. The van der Waals surface area contributed by atoms with E-state index in [2.05, 4.69) is 20.6 Å². The van der Waals surface area contributed by atoms with E-state index in [1.165, 1.54) is 12.4 Å². The van der Waals surface area contributed by atoms with Crippen molar-refractivity contribution < 1.29 is 9.53 Å². The molecule has 1 amide bonds. The first-order valence-electron chi connectivity index (χ1n) is 6.91. The van der Waals surface area contributed by atoms with Crippen LogP contribution in [0.4, 0.5) is 11.6 Å². The van der Waals surface area contributed by atoms with Gasteiger partial charge < -0.3 is 15.4 Å². The van der Waals surface area contributed by atoms with Crippen LogP contribution in [0.1, 0.15) is 16.8 Å². The molecule has 1 aromatic heterocycles. The van der Waals surface area contributed by atoms with Crippen molar-refractivity contribution in [2.45, 2.75) is 6.42 Å². The summed E-state index contributed by atoms with van der Waals surface area (Å²) in [6.45, 7) is 1.36. The van der Waals surface area contributed by atoms with Crippen LogP contribution in [0.3, 0.4) is 0 Å². The van der Waals surface area contributed by atoms with Gasteiger partial charge in [-0.25, -0.2) is 9.97 Å². The largest absolute Gasteiger partial charge is 0.385 e. The minimum absolute atomic E-state index is 0.332. The lowest BCUT2D eigenvalue weighted by Crippen LogP contribution is -2.14. The number of aromatic nitrogens is 2. The van der Waals surface area contributed by atoms with Gasteiger partial charge in [0.05, 0.1) is 16.3 Å². The number of amides is 1. The van der Waals surface area contributed by atoms with Gasteiger partial charge in [0.2, 0.25) is 5.95 Å². The van der Waals surface area contributed by atoms with Crippen LogP contribution in [0.25, 0.3) is 0 Å². The Morgan fingerprint density at radius 1 is 1.26 bits per heavy atom. The van der Waals surface area contributed by atoms with Gasteiger partial charge in [-0.3, -0.25) is 4.79 Å². The third-order valence-corrected chi connectivity index (χ3v) is 3.45. The van der Waals surface area contributed by atoms with E-state index in [9.17, 15) is 4.79 Å². The summed E-state index contributed by atoms with van der Waals surface area (Å²) < 4.78 is 4.95. The van der Waals surface area contributed by atoms with E-state index >= 15 is 0 Å². The number of ether oxygens (including phenoxy) is 1. The number of carbonyl (C=O) groups is 1. The summed E-state index contributed by atoms with van der Waals surface area (Å²) in [6.07, 6.45) is 3.74. The first-order valence-corrected chi connectivity index (χ1v) is 7.67. The van der Waals surface area contributed by atoms with Crippen molar-refractivity contribution in [2.24, 2.45) is 0 Å². The third-order valence-electron chi connectivity index (χ3n) is 2.90. The molecule has 0 atom stereocenters. The smallest absolute Gasteiger partial charge is 0.258 e. The molecule has 0 spiro atoms. The monoisotopic (exact) mass is 354 g/mol. The topological polar surface area (TPSA) is 76.1 Å². The van der Waals surface area contributed by atoms with E-state index in [1.807, 2.05) is 0 Å². The molecule has 2 aromatic rings. The van der Waals surface area contributed by atoms with E-state index < -0.39 is 0 Å². The second-order valence-electron chi connectivity index (χ2n) is 4.65. The van der Waals surface area contributed by atoms with Crippen molar-refractivity contribution in [3.8, 4) is 0 Å². The van der Waals surface area contributed by atoms with Crippen LogP contribution in [0, 0.1) is 0 Å². The van der Waals surface area contributed by atoms with Gasteiger partial charge in [0.25, 0.3) is 5.91 Å². The lowest BCUT2D eigenvalue weighted by Gasteiger charge is -2.08. The summed E-state index contributed by atoms with van der Waals surface area (Å²) in [4.78, 5) is 20.3. The average Bonchev–Trinajstić information content (AvgIpc) is 2.55. The van der Waals surface area contributed by atoms with Crippen LogP contribution >= 0.6 is 23.2 Å². The Hall–Kier alpha value is -1.89. The summed E-state index contributed by atoms with van der Waals surface area (Å²) in [5.74, 6) is 0.113. The average molecular weight is 355 g/mol. The number of nitrogens with zero attached hydrogens (tertiary/aromatic N) is 2. The van der Waals surface area contributed by atoms with E-state index in [0.717, 1.165) is 6.42 Å². The standard InChI is InChI=1S/C15H16Cl2N4O2/c1-23-6-2-5-18-15-19-8-10(9-20-15)14(22)21-13-4-3-11(16)7-12(13)17/h3-4,7-9H,2,5-6H2,1H3,(H,21,22)(H,18,19,20). The third kappa shape index (κ3) is 5.35. The zero-order chi connectivity index (χ0) is 16.7. The highest BCUT2D eigenvalue weighted by Crippen LogP contribution is 2.25. The second kappa shape index (κ2) is 8.67. The van der Waals surface area contributed by atoms with Gasteiger partial charge >= 0.3 is 0 Å². The second-order valence-corrected chi connectivity index (χ2v) is 5.49. The summed E-state index contributed by atoms with van der Waals surface area (Å²) in [5.41, 5.74) is 0.807. The predicted molar refractivity (Wildman–Crippen MR) is 91.4 cm³/mol. The molecule has 122 valence electrons. The molecule has 0 fully saturated rings. The van der Waals surface area contributed by atoms with E-state index in [1.54, 1.807) is 25.3 Å². The van der Waals surface area contributed by atoms with Crippen molar-refractivity contribution in [1.29, 1.82) is 0 Å². The number of hydrogen-bond acceptors (Lipinski definition) is 5.